The van der Waals surface area contributed by atoms with Gasteiger partial charge >= 0.3 is 0 Å². The third-order valence-corrected chi connectivity index (χ3v) is 2.67. The zero-order valence-electron chi connectivity index (χ0n) is 7.62. The fourth-order valence-electron chi connectivity index (χ4n) is 1.11. The smallest absolute Gasteiger partial charge is 0.154 e. The van der Waals surface area contributed by atoms with Gasteiger partial charge in [-0.15, -0.1) is 0 Å². The lowest BCUT2D eigenvalue weighted by Gasteiger charge is -2.08. The number of rotatable bonds is 4. The zero-order valence-corrected chi connectivity index (χ0v) is 9.78. The van der Waals surface area contributed by atoms with Gasteiger partial charge in [-0.05, 0) is 41.6 Å². The minimum absolute atomic E-state index is 0.328. The maximum Gasteiger partial charge on any atom is 0.154 e. The molecule has 1 aromatic rings. The van der Waals surface area contributed by atoms with Crippen LogP contribution in [0.25, 0.3) is 0 Å². The summed E-state index contributed by atoms with van der Waals surface area (Å²) in [5.74, 6) is 0.463. The second kappa shape index (κ2) is 5.09. The Balaban J connectivity index is 3.32. The minimum Gasteiger partial charge on any atom is -0.493 e. The van der Waals surface area contributed by atoms with Gasteiger partial charge in [0.25, 0.3) is 0 Å². The fourth-order valence-corrected chi connectivity index (χ4v) is 1.71. The van der Waals surface area contributed by atoms with Crippen LogP contribution in [-0.4, -0.2) is 19.2 Å². The van der Waals surface area contributed by atoms with Gasteiger partial charge in [-0.3, -0.25) is 9.59 Å². The Kier molecular flexibility index (Phi) is 4.06. The number of hydrogen-bond acceptors (Lipinski definition) is 3. The van der Waals surface area contributed by atoms with Crippen LogP contribution in [0.5, 0.6) is 5.75 Å². The Hall–Kier alpha value is -0.910. The van der Waals surface area contributed by atoms with Crippen molar-refractivity contribution in [2.45, 2.75) is 6.92 Å². The van der Waals surface area contributed by atoms with E-state index in [0.29, 0.717) is 36.1 Å². The number of halogens is 1. The summed E-state index contributed by atoms with van der Waals surface area (Å²) in [6.45, 7) is 2.30. The summed E-state index contributed by atoms with van der Waals surface area (Å²) in [6.07, 6.45) is 1.32. The maximum absolute atomic E-state index is 10.8. The second-order valence-corrected chi connectivity index (χ2v) is 3.70. The number of carbonyl (C=O) groups is 2. The molecule has 0 heterocycles. The van der Waals surface area contributed by atoms with Gasteiger partial charge in [-0.1, -0.05) is 0 Å². The van der Waals surface area contributed by atoms with Crippen LogP contribution in [-0.2, 0) is 0 Å². The molecule has 0 bridgehead atoms. The lowest BCUT2D eigenvalue weighted by atomic mass is 10.1. The molecule has 0 saturated heterocycles. The van der Waals surface area contributed by atoms with Crippen LogP contribution in [0.1, 0.15) is 27.6 Å². The highest BCUT2D eigenvalue weighted by atomic mass is 127. The summed E-state index contributed by atoms with van der Waals surface area (Å²) >= 11 is 2.01. The zero-order chi connectivity index (χ0) is 10.6. The highest BCUT2D eigenvalue weighted by Gasteiger charge is 2.11. The highest BCUT2D eigenvalue weighted by molar-refractivity contribution is 14.1. The van der Waals surface area contributed by atoms with E-state index in [9.17, 15) is 9.59 Å². The minimum atomic E-state index is 0.328. The van der Waals surface area contributed by atoms with E-state index in [4.69, 9.17) is 4.74 Å². The van der Waals surface area contributed by atoms with Crippen LogP contribution < -0.4 is 4.74 Å². The Morgan fingerprint density at radius 3 is 2.43 bits per heavy atom. The van der Waals surface area contributed by atoms with E-state index in [1.165, 1.54) is 0 Å². The molecule has 0 aromatic heterocycles. The molecular formula is C10H9IO3. The van der Waals surface area contributed by atoms with Crippen molar-refractivity contribution < 1.29 is 14.3 Å². The average molecular weight is 304 g/mol. The van der Waals surface area contributed by atoms with Gasteiger partial charge in [0.1, 0.15) is 5.75 Å². The fraction of sp³-hybridized carbons (Fsp3) is 0.200. The molecule has 0 radical (unpaired) electrons. The number of aldehydes is 2. The molecule has 0 aliphatic rings. The molecule has 0 fully saturated rings. The number of ether oxygens (including phenoxy) is 1. The Bertz CT molecular complexity index is 361. The molecule has 0 amide bonds. The van der Waals surface area contributed by atoms with Gasteiger partial charge in [0.2, 0.25) is 0 Å². The number of carbonyl (C=O) groups excluding carboxylic acids is 2. The van der Waals surface area contributed by atoms with E-state index in [2.05, 4.69) is 0 Å². The molecule has 74 valence electrons. The lowest BCUT2D eigenvalue weighted by molar-refractivity contribution is 0.109. The molecule has 0 aliphatic carbocycles. The summed E-state index contributed by atoms with van der Waals surface area (Å²) in [6, 6.07) is 3.45. The maximum atomic E-state index is 10.8. The van der Waals surface area contributed by atoms with Gasteiger partial charge in [0.05, 0.1) is 12.2 Å². The monoisotopic (exact) mass is 304 g/mol. The topological polar surface area (TPSA) is 43.4 Å². The first-order chi connectivity index (χ1) is 6.74. The predicted molar refractivity (Wildman–Crippen MR) is 61.1 cm³/mol. The van der Waals surface area contributed by atoms with Crippen LogP contribution in [0.2, 0.25) is 0 Å². The van der Waals surface area contributed by atoms with Crippen LogP contribution >= 0.6 is 22.6 Å². The summed E-state index contributed by atoms with van der Waals surface area (Å²) in [5, 5.41) is 0. The molecule has 1 aromatic carbocycles. The van der Waals surface area contributed by atoms with E-state index in [1.54, 1.807) is 12.1 Å². The Morgan fingerprint density at radius 1 is 1.29 bits per heavy atom. The van der Waals surface area contributed by atoms with Crippen molar-refractivity contribution in [1.82, 2.24) is 0 Å². The van der Waals surface area contributed by atoms with E-state index >= 15 is 0 Å². The first-order valence-electron chi connectivity index (χ1n) is 4.10. The summed E-state index contributed by atoms with van der Waals surface area (Å²) in [4.78, 5) is 21.5. The van der Waals surface area contributed by atoms with Crippen molar-refractivity contribution in [2.24, 2.45) is 0 Å². The molecule has 1 rings (SSSR count). The largest absolute Gasteiger partial charge is 0.493 e. The number of hydrogen-bond donors (Lipinski definition) is 0. The van der Waals surface area contributed by atoms with Crippen molar-refractivity contribution in [1.29, 1.82) is 0 Å². The van der Waals surface area contributed by atoms with Gasteiger partial charge in [-0.2, -0.15) is 0 Å². The van der Waals surface area contributed by atoms with Gasteiger partial charge in [0.15, 0.2) is 12.6 Å². The van der Waals surface area contributed by atoms with Crippen LogP contribution in [0.4, 0.5) is 0 Å². The van der Waals surface area contributed by atoms with Gasteiger partial charge in [0, 0.05) is 9.13 Å². The number of benzene rings is 1. The van der Waals surface area contributed by atoms with Crippen molar-refractivity contribution in [3.8, 4) is 5.75 Å². The van der Waals surface area contributed by atoms with Crippen LogP contribution in [0, 0.1) is 3.57 Å². The molecule has 0 aliphatic heterocycles. The normalized spacial score (nSPS) is 9.57. The van der Waals surface area contributed by atoms with Crippen LogP contribution in [0.15, 0.2) is 12.1 Å². The van der Waals surface area contributed by atoms with Gasteiger partial charge < -0.3 is 4.74 Å². The van der Waals surface area contributed by atoms with Crippen LogP contribution in [0.3, 0.4) is 0 Å². The Morgan fingerprint density at radius 2 is 1.93 bits per heavy atom. The summed E-state index contributed by atoms with van der Waals surface area (Å²) < 4.78 is 5.98. The van der Waals surface area contributed by atoms with E-state index in [0.717, 1.165) is 3.57 Å². The summed E-state index contributed by atoms with van der Waals surface area (Å²) in [7, 11) is 0. The SMILES string of the molecule is CCOc1ccc(I)c(C=O)c1C=O. The van der Waals surface area contributed by atoms with Crippen molar-refractivity contribution in [3.05, 3.63) is 26.8 Å². The molecular weight excluding hydrogens is 295 g/mol. The lowest BCUT2D eigenvalue weighted by Crippen LogP contribution is -2.01. The van der Waals surface area contributed by atoms with Crippen molar-refractivity contribution in [2.75, 3.05) is 6.61 Å². The highest BCUT2D eigenvalue weighted by Crippen LogP contribution is 2.24. The molecule has 0 N–H and O–H groups in total. The molecule has 0 spiro atoms. The average Bonchev–Trinajstić information content (AvgIpc) is 2.20. The summed E-state index contributed by atoms with van der Waals surface area (Å²) in [5.41, 5.74) is 0.723. The van der Waals surface area contributed by atoms with E-state index < -0.39 is 0 Å². The molecule has 0 atom stereocenters. The van der Waals surface area contributed by atoms with Crippen molar-refractivity contribution >= 4 is 35.2 Å². The molecule has 0 unspecified atom stereocenters. The van der Waals surface area contributed by atoms with Crippen molar-refractivity contribution in [3.63, 3.8) is 0 Å². The third-order valence-electron chi connectivity index (χ3n) is 1.73. The quantitative estimate of drug-likeness (QED) is 0.633. The molecule has 4 heteroatoms. The third kappa shape index (κ3) is 2.12. The first kappa shape index (κ1) is 11.2. The van der Waals surface area contributed by atoms with Gasteiger partial charge in [-0.25, -0.2) is 0 Å². The van der Waals surface area contributed by atoms with E-state index in [1.807, 2.05) is 29.5 Å². The standard InChI is InChI=1S/C10H9IO3/c1-2-14-10-4-3-9(11)7(5-12)8(10)6-13/h3-6H,2H2,1H3. The Labute approximate surface area is 95.6 Å². The van der Waals surface area contributed by atoms with E-state index in [-0.39, 0.29) is 0 Å². The molecule has 3 nitrogen and oxygen atoms in total. The molecule has 14 heavy (non-hydrogen) atoms. The predicted octanol–water partition coefficient (Wildman–Crippen LogP) is 2.31. The first-order valence-corrected chi connectivity index (χ1v) is 5.18. The molecule has 0 saturated carbocycles. The second-order valence-electron chi connectivity index (χ2n) is 2.54.